The molecule has 0 spiro atoms. The molecule has 1 atom stereocenters. The van der Waals surface area contributed by atoms with Gasteiger partial charge in [-0.3, -0.25) is 9.13 Å². The van der Waals surface area contributed by atoms with E-state index in [1.54, 1.807) is 0 Å². The second kappa shape index (κ2) is 14.1. The lowest BCUT2D eigenvalue weighted by Crippen LogP contribution is -2.08. The molecule has 61 heavy (non-hydrogen) atoms. The summed E-state index contributed by atoms with van der Waals surface area (Å²) in [5, 5.41) is 3.62. The van der Waals surface area contributed by atoms with Crippen LogP contribution in [0.2, 0.25) is 0 Å². The average molecular weight is 785 g/mol. The second-order valence-corrected chi connectivity index (χ2v) is 16.0. The normalized spacial score (nSPS) is 13.7. The number of imidazole rings is 2. The predicted molar refractivity (Wildman–Crippen MR) is 250 cm³/mol. The van der Waals surface area contributed by atoms with Gasteiger partial charge in [0.25, 0.3) is 0 Å². The van der Waals surface area contributed by atoms with Gasteiger partial charge in [0.15, 0.2) is 11.6 Å². The Morgan fingerprint density at radius 1 is 0.443 bits per heavy atom. The fourth-order valence-corrected chi connectivity index (χ4v) is 9.33. The summed E-state index contributed by atoms with van der Waals surface area (Å²) >= 11 is 0. The molecule has 0 saturated carbocycles. The number of allylic oxidation sites excluding steroid dienone is 1. The van der Waals surface area contributed by atoms with Crippen molar-refractivity contribution in [2.75, 3.05) is 0 Å². The molecule has 6 nitrogen and oxygen atoms in total. The molecule has 290 valence electrons. The van der Waals surface area contributed by atoms with E-state index in [0.717, 1.165) is 63.2 Å². The quantitative estimate of drug-likeness (QED) is 0.162. The van der Waals surface area contributed by atoms with Gasteiger partial charge < -0.3 is 9.13 Å². The van der Waals surface area contributed by atoms with Crippen LogP contribution in [0.25, 0.3) is 95.7 Å². The number of para-hydroxylation sites is 5. The lowest BCUT2D eigenvalue weighted by molar-refractivity contribution is 0.690. The molecule has 1 aliphatic rings. The van der Waals surface area contributed by atoms with Crippen LogP contribution in [0.1, 0.15) is 18.2 Å². The first kappa shape index (κ1) is 35.0. The number of fused-ring (bicyclic) bond motifs is 6. The Labute approximate surface area is 353 Å². The van der Waals surface area contributed by atoms with Crippen LogP contribution in [-0.2, 0) is 6.42 Å². The van der Waals surface area contributed by atoms with Crippen LogP contribution in [0.3, 0.4) is 0 Å². The lowest BCUT2D eigenvalue weighted by atomic mass is 9.94. The fourth-order valence-electron chi connectivity index (χ4n) is 9.33. The Morgan fingerprint density at radius 2 is 0.902 bits per heavy atom. The highest BCUT2D eigenvalue weighted by Gasteiger charge is 2.25. The van der Waals surface area contributed by atoms with Gasteiger partial charge in [-0.2, -0.15) is 0 Å². The van der Waals surface area contributed by atoms with E-state index < -0.39 is 0 Å². The van der Waals surface area contributed by atoms with Gasteiger partial charge in [-0.15, -0.1) is 0 Å². The van der Waals surface area contributed by atoms with E-state index in [2.05, 4.69) is 232 Å². The Kier molecular flexibility index (Phi) is 8.10. The number of hydrogen-bond donors (Lipinski definition) is 0. The average Bonchev–Trinajstić information content (AvgIpc) is 4.11. The Hall–Kier alpha value is -7.96. The number of nitrogens with zero attached hydrogens (tertiary/aromatic N) is 6. The minimum absolute atomic E-state index is 0.470. The molecule has 0 saturated heterocycles. The lowest BCUT2D eigenvalue weighted by Gasteiger charge is -2.17. The standard InChI is InChI=1S/C55H40N6/c1-37-26-29-45-47-34-39(28-31-52(47)61(53(45)32-37)43-22-12-5-13-23-43)49-36-59(41-18-8-3-9-19-41)55(57-49)54-56-48(35-58(54)40-16-6-2-7-17-40)38-27-30-51-46(33-38)44-24-14-15-25-50(44)60(51)42-20-10-4-11-21-42/h2-31,33-37H,32H2,1H3. The van der Waals surface area contributed by atoms with Crippen LogP contribution >= 0.6 is 0 Å². The molecular formula is C55H40N6. The van der Waals surface area contributed by atoms with Gasteiger partial charge >= 0.3 is 0 Å². The van der Waals surface area contributed by atoms with Gasteiger partial charge in [-0.05, 0) is 91.2 Å². The third kappa shape index (κ3) is 5.79. The Balaban J connectivity index is 1.04. The van der Waals surface area contributed by atoms with Crippen molar-refractivity contribution < 1.29 is 0 Å². The van der Waals surface area contributed by atoms with Gasteiger partial charge in [0.05, 0.1) is 27.9 Å². The van der Waals surface area contributed by atoms with Gasteiger partial charge in [0.1, 0.15) is 0 Å². The summed E-state index contributed by atoms with van der Waals surface area (Å²) in [6.07, 6.45) is 9.97. The molecule has 11 aromatic rings. The molecule has 0 fully saturated rings. The highest BCUT2D eigenvalue weighted by atomic mass is 15.2. The van der Waals surface area contributed by atoms with Crippen LogP contribution in [0.5, 0.6) is 0 Å². The Morgan fingerprint density at radius 3 is 1.48 bits per heavy atom. The van der Waals surface area contributed by atoms with Gasteiger partial charge in [0, 0.05) is 73.7 Å². The summed E-state index contributed by atoms with van der Waals surface area (Å²) in [6, 6.07) is 64.4. The number of benzene rings is 7. The van der Waals surface area contributed by atoms with E-state index in [1.807, 2.05) is 0 Å². The van der Waals surface area contributed by atoms with Crippen LogP contribution in [0.4, 0.5) is 0 Å². The first-order valence-corrected chi connectivity index (χ1v) is 21.0. The molecule has 6 heteroatoms. The zero-order chi connectivity index (χ0) is 40.4. The molecule has 1 unspecified atom stereocenters. The van der Waals surface area contributed by atoms with E-state index in [0.29, 0.717) is 5.92 Å². The van der Waals surface area contributed by atoms with Crippen molar-refractivity contribution in [3.05, 3.63) is 212 Å². The van der Waals surface area contributed by atoms with E-state index in [1.165, 1.54) is 44.1 Å². The minimum atomic E-state index is 0.470. The SMILES string of the molecule is CC1C=Cc2c(n(-c3ccccc3)c3ccc(-c4cn(-c5ccccc5)c(-c5nc(-c6ccc7c(c6)c6ccccc6n7-c6ccccc6)cn5-c5ccccc5)n4)cc23)C1. The first-order chi connectivity index (χ1) is 30.2. The van der Waals surface area contributed by atoms with Gasteiger partial charge in [-0.25, -0.2) is 9.97 Å². The van der Waals surface area contributed by atoms with Crippen LogP contribution < -0.4 is 0 Å². The maximum atomic E-state index is 5.50. The van der Waals surface area contributed by atoms with Crippen molar-refractivity contribution in [1.29, 1.82) is 0 Å². The molecule has 0 aliphatic heterocycles. The van der Waals surface area contributed by atoms with Crippen molar-refractivity contribution in [3.63, 3.8) is 0 Å². The minimum Gasteiger partial charge on any atom is -0.313 e. The van der Waals surface area contributed by atoms with Gasteiger partial charge in [-0.1, -0.05) is 122 Å². The van der Waals surface area contributed by atoms with Crippen LogP contribution in [-0.4, -0.2) is 28.2 Å². The van der Waals surface area contributed by atoms with Crippen molar-refractivity contribution >= 4 is 38.8 Å². The summed E-state index contributed by atoms with van der Waals surface area (Å²) in [4.78, 5) is 11.0. The largest absolute Gasteiger partial charge is 0.313 e. The van der Waals surface area contributed by atoms with E-state index >= 15 is 0 Å². The maximum absolute atomic E-state index is 5.50. The summed E-state index contributed by atoms with van der Waals surface area (Å²) in [5.74, 6) is 1.99. The van der Waals surface area contributed by atoms with Crippen molar-refractivity contribution in [2.24, 2.45) is 5.92 Å². The predicted octanol–water partition coefficient (Wildman–Crippen LogP) is 13.3. The Bertz CT molecular complexity index is 3440. The monoisotopic (exact) mass is 784 g/mol. The first-order valence-electron chi connectivity index (χ1n) is 21.0. The zero-order valence-electron chi connectivity index (χ0n) is 33.6. The molecule has 0 amide bonds. The number of hydrogen-bond acceptors (Lipinski definition) is 2. The molecule has 4 heterocycles. The molecule has 7 aromatic carbocycles. The highest BCUT2D eigenvalue weighted by molar-refractivity contribution is 6.10. The second-order valence-electron chi connectivity index (χ2n) is 16.0. The number of aromatic nitrogens is 6. The third-order valence-corrected chi connectivity index (χ3v) is 12.2. The number of rotatable bonds is 7. The summed E-state index contributed by atoms with van der Waals surface area (Å²) < 4.78 is 9.16. The topological polar surface area (TPSA) is 45.5 Å². The molecule has 0 N–H and O–H groups in total. The fraction of sp³-hybridized carbons (Fsp3) is 0.0545. The van der Waals surface area contributed by atoms with Crippen molar-refractivity contribution in [1.82, 2.24) is 28.2 Å². The molecule has 0 radical (unpaired) electrons. The van der Waals surface area contributed by atoms with Crippen LogP contribution in [0.15, 0.2) is 200 Å². The zero-order valence-corrected chi connectivity index (χ0v) is 33.6. The molecular weight excluding hydrogens is 745 g/mol. The highest BCUT2D eigenvalue weighted by Crippen LogP contribution is 2.40. The maximum Gasteiger partial charge on any atom is 0.182 e. The third-order valence-electron chi connectivity index (χ3n) is 12.2. The van der Waals surface area contributed by atoms with Crippen LogP contribution in [0, 0.1) is 5.92 Å². The molecule has 1 aliphatic carbocycles. The molecule has 0 bridgehead atoms. The van der Waals surface area contributed by atoms with E-state index in [-0.39, 0.29) is 0 Å². The smallest absolute Gasteiger partial charge is 0.182 e. The summed E-state index contributed by atoms with van der Waals surface area (Å²) in [6.45, 7) is 2.29. The van der Waals surface area contributed by atoms with Crippen molar-refractivity contribution in [2.45, 2.75) is 13.3 Å². The van der Waals surface area contributed by atoms with E-state index in [9.17, 15) is 0 Å². The molecule has 12 rings (SSSR count). The van der Waals surface area contributed by atoms with E-state index in [4.69, 9.17) is 9.97 Å². The van der Waals surface area contributed by atoms with Crippen molar-refractivity contribution in [3.8, 4) is 56.9 Å². The summed E-state index contributed by atoms with van der Waals surface area (Å²) in [7, 11) is 0. The molecule has 4 aromatic heterocycles. The van der Waals surface area contributed by atoms with Gasteiger partial charge in [0.2, 0.25) is 0 Å². The summed E-state index contributed by atoms with van der Waals surface area (Å²) in [5.41, 5.74) is 14.4.